The van der Waals surface area contributed by atoms with Crippen molar-refractivity contribution in [3.05, 3.63) is 64.8 Å². The Morgan fingerprint density at radius 1 is 1.19 bits per heavy atom. The number of anilines is 1. The standard InChI is InChI=1S/C24H24N4O4/c1-2-13-3-4-14-11-19(26-18(14)9-13)22(30)25-16-5-6-17-15(10-16)12-28(24(17)32)20-7-8-21(29)27-23(20)31/h3-6,9-11,20,24,26,32H,2,7-8,12H2,1H3,(H,25,30)(H,27,29,31). The SMILES string of the molecule is CCc1ccc2cc(C(=O)Nc3ccc4c(c3)CN(C3CCC(=O)NC3=O)C4O)[nH]c2c1. The fourth-order valence-corrected chi connectivity index (χ4v) is 4.53. The number of rotatable bonds is 4. The smallest absolute Gasteiger partial charge is 0.272 e. The molecule has 2 aliphatic rings. The number of imide groups is 1. The Bertz CT molecular complexity index is 1250. The van der Waals surface area contributed by atoms with Crippen LogP contribution in [-0.4, -0.2) is 38.8 Å². The normalized spacial score (nSPS) is 20.9. The second-order valence-electron chi connectivity index (χ2n) is 8.34. The number of benzene rings is 2. The zero-order valence-corrected chi connectivity index (χ0v) is 17.6. The fraction of sp³-hybridized carbons (Fsp3) is 0.292. The van der Waals surface area contributed by atoms with Gasteiger partial charge in [-0.15, -0.1) is 0 Å². The van der Waals surface area contributed by atoms with Gasteiger partial charge in [-0.1, -0.05) is 25.1 Å². The van der Waals surface area contributed by atoms with Gasteiger partial charge in [-0.3, -0.25) is 24.6 Å². The lowest BCUT2D eigenvalue weighted by Gasteiger charge is -2.31. The van der Waals surface area contributed by atoms with Gasteiger partial charge in [0.25, 0.3) is 5.91 Å². The van der Waals surface area contributed by atoms with Crippen molar-refractivity contribution in [1.29, 1.82) is 0 Å². The summed E-state index contributed by atoms with van der Waals surface area (Å²) in [4.78, 5) is 41.3. The van der Waals surface area contributed by atoms with Gasteiger partial charge in [0.1, 0.15) is 11.9 Å². The van der Waals surface area contributed by atoms with Crippen LogP contribution in [0.4, 0.5) is 5.69 Å². The van der Waals surface area contributed by atoms with E-state index in [0.717, 1.165) is 22.9 Å². The minimum Gasteiger partial charge on any atom is -0.374 e. The number of H-pyrrole nitrogens is 1. The highest BCUT2D eigenvalue weighted by molar-refractivity contribution is 6.06. The van der Waals surface area contributed by atoms with Crippen LogP contribution in [0.25, 0.3) is 10.9 Å². The van der Waals surface area contributed by atoms with Crippen molar-refractivity contribution < 1.29 is 19.5 Å². The van der Waals surface area contributed by atoms with Crippen LogP contribution in [0.3, 0.4) is 0 Å². The molecule has 0 spiro atoms. The van der Waals surface area contributed by atoms with Gasteiger partial charge < -0.3 is 15.4 Å². The Morgan fingerprint density at radius 2 is 2.03 bits per heavy atom. The van der Waals surface area contributed by atoms with Crippen LogP contribution in [0, 0.1) is 0 Å². The number of carbonyl (C=O) groups excluding carboxylic acids is 3. The average molecular weight is 432 g/mol. The van der Waals surface area contributed by atoms with Gasteiger partial charge in [0.2, 0.25) is 11.8 Å². The van der Waals surface area contributed by atoms with Crippen LogP contribution in [0.2, 0.25) is 0 Å². The number of aryl methyl sites for hydroxylation is 1. The summed E-state index contributed by atoms with van der Waals surface area (Å²) in [5.74, 6) is -0.920. The first-order chi connectivity index (χ1) is 15.4. The van der Waals surface area contributed by atoms with Crippen LogP contribution in [0.15, 0.2) is 42.5 Å². The number of aromatic amines is 1. The summed E-state index contributed by atoms with van der Waals surface area (Å²) in [5.41, 5.74) is 4.74. The number of aliphatic hydroxyl groups excluding tert-OH is 1. The molecule has 0 saturated carbocycles. The van der Waals surface area contributed by atoms with Crippen LogP contribution in [0.1, 0.15) is 53.2 Å². The van der Waals surface area contributed by atoms with Gasteiger partial charge in [-0.2, -0.15) is 0 Å². The van der Waals surface area contributed by atoms with Crippen LogP contribution in [0.5, 0.6) is 0 Å². The topological polar surface area (TPSA) is 115 Å². The van der Waals surface area contributed by atoms with E-state index < -0.39 is 12.3 Å². The molecule has 164 valence electrons. The molecule has 5 rings (SSSR count). The second-order valence-corrected chi connectivity index (χ2v) is 8.34. The summed E-state index contributed by atoms with van der Waals surface area (Å²) in [7, 11) is 0. The molecule has 32 heavy (non-hydrogen) atoms. The monoisotopic (exact) mass is 432 g/mol. The maximum Gasteiger partial charge on any atom is 0.272 e. The average Bonchev–Trinajstić information content (AvgIpc) is 3.34. The maximum absolute atomic E-state index is 12.8. The molecule has 2 aliphatic heterocycles. The van der Waals surface area contributed by atoms with Crippen LogP contribution < -0.4 is 10.6 Å². The first-order valence-electron chi connectivity index (χ1n) is 10.8. The molecule has 0 bridgehead atoms. The molecule has 0 radical (unpaired) electrons. The van der Waals surface area contributed by atoms with Crippen molar-refractivity contribution in [2.75, 3.05) is 5.32 Å². The maximum atomic E-state index is 12.8. The van der Waals surface area contributed by atoms with Gasteiger partial charge in [0, 0.05) is 35.1 Å². The van der Waals surface area contributed by atoms with E-state index in [-0.39, 0.29) is 24.1 Å². The van der Waals surface area contributed by atoms with Gasteiger partial charge in [-0.25, -0.2) is 0 Å². The van der Waals surface area contributed by atoms with E-state index in [9.17, 15) is 19.5 Å². The number of amides is 3. The van der Waals surface area contributed by atoms with Gasteiger partial charge in [-0.05, 0) is 48.2 Å². The van der Waals surface area contributed by atoms with Gasteiger partial charge in [0.05, 0.1) is 6.04 Å². The summed E-state index contributed by atoms with van der Waals surface area (Å²) in [6, 6.07) is 12.7. The largest absolute Gasteiger partial charge is 0.374 e. The first kappa shape index (κ1) is 20.4. The summed E-state index contributed by atoms with van der Waals surface area (Å²) >= 11 is 0. The fourth-order valence-electron chi connectivity index (χ4n) is 4.53. The number of hydrogen-bond donors (Lipinski definition) is 4. The number of aromatic nitrogens is 1. The number of hydrogen-bond acceptors (Lipinski definition) is 5. The Labute approximate surface area is 184 Å². The van der Waals surface area contributed by atoms with E-state index in [4.69, 9.17) is 0 Å². The van der Waals surface area contributed by atoms with Crippen molar-refractivity contribution >= 4 is 34.3 Å². The summed E-state index contributed by atoms with van der Waals surface area (Å²) in [6.07, 6.45) is 0.619. The van der Waals surface area contributed by atoms with E-state index in [1.54, 1.807) is 17.0 Å². The second kappa shape index (κ2) is 7.89. The van der Waals surface area contributed by atoms with Crippen molar-refractivity contribution in [1.82, 2.24) is 15.2 Å². The molecule has 8 nitrogen and oxygen atoms in total. The quantitative estimate of drug-likeness (QED) is 0.473. The molecular formula is C24H24N4O4. The van der Waals surface area contributed by atoms with Crippen molar-refractivity contribution in [2.45, 2.75) is 45.0 Å². The number of nitrogens with zero attached hydrogens (tertiary/aromatic N) is 1. The summed E-state index contributed by atoms with van der Waals surface area (Å²) in [6.45, 7) is 2.45. The zero-order valence-electron chi connectivity index (χ0n) is 17.6. The van der Waals surface area contributed by atoms with E-state index in [1.165, 1.54) is 5.56 Å². The molecule has 3 amide bonds. The lowest BCUT2D eigenvalue weighted by atomic mass is 10.0. The molecule has 3 heterocycles. The van der Waals surface area contributed by atoms with Crippen LogP contribution in [-0.2, 0) is 22.6 Å². The molecule has 0 aliphatic carbocycles. The summed E-state index contributed by atoms with van der Waals surface area (Å²) in [5, 5.41) is 16.9. The predicted octanol–water partition coefficient (Wildman–Crippen LogP) is 2.59. The molecule has 8 heteroatoms. The number of nitrogens with one attached hydrogen (secondary N) is 3. The molecule has 1 saturated heterocycles. The lowest BCUT2D eigenvalue weighted by molar-refractivity contribution is -0.141. The van der Waals surface area contributed by atoms with Crippen molar-refractivity contribution in [3.8, 4) is 0 Å². The molecule has 1 aromatic heterocycles. The number of piperidine rings is 1. The number of aliphatic hydroxyl groups is 1. The van der Waals surface area contributed by atoms with Crippen molar-refractivity contribution in [2.24, 2.45) is 0 Å². The molecule has 2 aromatic carbocycles. The molecule has 2 unspecified atom stereocenters. The van der Waals surface area contributed by atoms with E-state index in [2.05, 4.69) is 28.6 Å². The molecule has 4 N–H and O–H groups in total. The summed E-state index contributed by atoms with van der Waals surface area (Å²) < 4.78 is 0. The first-order valence-corrected chi connectivity index (χ1v) is 10.8. The molecule has 3 aromatic rings. The Morgan fingerprint density at radius 3 is 2.81 bits per heavy atom. The Balaban J connectivity index is 1.33. The predicted molar refractivity (Wildman–Crippen MR) is 119 cm³/mol. The van der Waals surface area contributed by atoms with Crippen LogP contribution >= 0.6 is 0 Å². The molecule has 1 fully saturated rings. The third-order valence-corrected chi connectivity index (χ3v) is 6.30. The zero-order chi connectivity index (χ0) is 22.4. The van der Waals surface area contributed by atoms with Gasteiger partial charge in [0.15, 0.2) is 0 Å². The Hall–Kier alpha value is -3.49. The van der Waals surface area contributed by atoms with Gasteiger partial charge >= 0.3 is 0 Å². The molecular weight excluding hydrogens is 408 g/mol. The molecule has 2 atom stereocenters. The van der Waals surface area contributed by atoms with E-state index in [1.807, 2.05) is 24.3 Å². The third kappa shape index (κ3) is 3.57. The number of carbonyl (C=O) groups is 3. The lowest BCUT2D eigenvalue weighted by Crippen LogP contribution is -2.51. The highest BCUT2D eigenvalue weighted by Gasteiger charge is 2.39. The Kier molecular flexibility index (Phi) is 5.03. The van der Waals surface area contributed by atoms with E-state index >= 15 is 0 Å². The highest BCUT2D eigenvalue weighted by Crippen LogP contribution is 2.36. The highest BCUT2D eigenvalue weighted by atomic mass is 16.3. The minimum absolute atomic E-state index is 0.250. The van der Waals surface area contributed by atoms with E-state index in [0.29, 0.717) is 29.9 Å². The minimum atomic E-state index is -0.930. The third-order valence-electron chi connectivity index (χ3n) is 6.30. The van der Waals surface area contributed by atoms with Crippen molar-refractivity contribution in [3.63, 3.8) is 0 Å². The number of fused-ring (bicyclic) bond motifs is 2.